The fraction of sp³-hybridized carbons (Fsp3) is 0.333. The Balaban J connectivity index is 1.96. The van der Waals surface area contributed by atoms with Crippen LogP contribution in [-0.2, 0) is 21.8 Å². The molecule has 0 aromatic heterocycles. The number of carbonyl (C=O) groups excluding carboxylic acids is 2. The Labute approximate surface area is 180 Å². The molecule has 0 fully saturated rings. The van der Waals surface area contributed by atoms with Gasteiger partial charge in [0.25, 0.3) is 0 Å². The van der Waals surface area contributed by atoms with Crippen molar-refractivity contribution in [2.75, 3.05) is 19.3 Å². The van der Waals surface area contributed by atoms with E-state index in [9.17, 15) is 9.59 Å². The standard InChI is InChI=1S/C21H24Cl2N2O2S/c1-15(21(27)24-2)25(11-10-16-6-4-3-5-7-16)20(26)14-28-13-17-8-9-18(22)19(23)12-17/h3-9,12,15H,10-11,13-14H2,1-2H3,(H,24,27)/t15-/m1/s1. The molecule has 0 saturated carbocycles. The summed E-state index contributed by atoms with van der Waals surface area (Å²) in [5.41, 5.74) is 2.13. The number of likely N-dealkylation sites (N-methyl/N-ethyl adjacent to an activating group) is 1. The van der Waals surface area contributed by atoms with Crippen LogP contribution in [0.1, 0.15) is 18.1 Å². The summed E-state index contributed by atoms with van der Waals surface area (Å²) in [5, 5.41) is 3.64. The van der Waals surface area contributed by atoms with Crippen LogP contribution in [0, 0.1) is 0 Å². The second kappa shape index (κ2) is 11.3. The molecule has 1 atom stereocenters. The van der Waals surface area contributed by atoms with Crippen LogP contribution in [0.25, 0.3) is 0 Å². The normalized spacial score (nSPS) is 11.7. The largest absolute Gasteiger partial charge is 0.357 e. The van der Waals surface area contributed by atoms with E-state index < -0.39 is 6.04 Å². The van der Waals surface area contributed by atoms with E-state index in [-0.39, 0.29) is 17.6 Å². The lowest BCUT2D eigenvalue weighted by molar-refractivity contribution is -0.137. The van der Waals surface area contributed by atoms with E-state index in [0.29, 0.717) is 28.8 Å². The third-order valence-corrected chi connectivity index (χ3v) is 6.10. The highest BCUT2D eigenvalue weighted by molar-refractivity contribution is 7.99. The van der Waals surface area contributed by atoms with Crippen molar-refractivity contribution in [2.45, 2.75) is 25.1 Å². The molecule has 0 spiro atoms. The third-order valence-electron chi connectivity index (χ3n) is 4.38. The maximum Gasteiger partial charge on any atom is 0.242 e. The molecule has 2 aromatic carbocycles. The molecular weight excluding hydrogens is 415 g/mol. The summed E-state index contributed by atoms with van der Waals surface area (Å²) in [7, 11) is 1.58. The molecule has 0 saturated heterocycles. The number of carbonyl (C=O) groups is 2. The predicted octanol–water partition coefficient (Wildman–Crippen LogP) is 4.43. The molecular formula is C21H24Cl2N2O2S. The van der Waals surface area contributed by atoms with Crippen molar-refractivity contribution in [3.05, 3.63) is 69.7 Å². The first-order chi connectivity index (χ1) is 13.4. The number of nitrogens with one attached hydrogen (secondary N) is 1. The van der Waals surface area contributed by atoms with Crippen molar-refractivity contribution in [1.29, 1.82) is 0 Å². The SMILES string of the molecule is CNC(=O)[C@@H](C)N(CCc1ccccc1)C(=O)CSCc1ccc(Cl)c(Cl)c1. The molecule has 0 unspecified atom stereocenters. The second-order valence-corrected chi connectivity index (χ2v) is 8.15. The minimum atomic E-state index is -0.521. The van der Waals surface area contributed by atoms with E-state index in [2.05, 4.69) is 5.32 Å². The highest BCUT2D eigenvalue weighted by Crippen LogP contribution is 2.24. The van der Waals surface area contributed by atoms with Gasteiger partial charge in [-0.25, -0.2) is 0 Å². The van der Waals surface area contributed by atoms with Crippen molar-refractivity contribution in [3.63, 3.8) is 0 Å². The van der Waals surface area contributed by atoms with Crippen LogP contribution in [-0.4, -0.2) is 42.1 Å². The average molecular weight is 439 g/mol. The van der Waals surface area contributed by atoms with Gasteiger partial charge in [-0.2, -0.15) is 0 Å². The van der Waals surface area contributed by atoms with Crippen molar-refractivity contribution in [2.24, 2.45) is 0 Å². The van der Waals surface area contributed by atoms with E-state index >= 15 is 0 Å². The van der Waals surface area contributed by atoms with Gasteiger partial charge in [-0.3, -0.25) is 9.59 Å². The van der Waals surface area contributed by atoms with Gasteiger partial charge < -0.3 is 10.2 Å². The van der Waals surface area contributed by atoms with Gasteiger partial charge in [0.05, 0.1) is 15.8 Å². The molecule has 2 aromatic rings. The van der Waals surface area contributed by atoms with Crippen LogP contribution in [0.5, 0.6) is 0 Å². The summed E-state index contributed by atoms with van der Waals surface area (Å²) in [6.07, 6.45) is 0.700. The number of rotatable bonds is 9. The van der Waals surface area contributed by atoms with E-state index in [0.717, 1.165) is 11.1 Å². The molecule has 4 nitrogen and oxygen atoms in total. The molecule has 2 amide bonds. The zero-order chi connectivity index (χ0) is 20.5. The molecule has 0 bridgehead atoms. The van der Waals surface area contributed by atoms with Gasteiger partial charge >= 0.3 is 0 Å². The van der Waals surface area contributed by atoms with Gasteiger partial charge in [0.1, 0.15) is 6.04 Å². The minimum Gasteiger partial charge on any atom is -0.357 e. The molecule has 0 radical (unpaired) electrons. The summed E-state index contributed by atoms with van der Waals surface area (Å²) in [5.74, 6) is 0.702. The topological polar surface area (TPSA) is 49.4 Å². The van der Waals surface area contributed by atoms with Crippen LogP contribution >= 0.6 is 35.0 Å². The number of hydrogen-bond donors (Lipinski definition) is 1. The monoisotopic (exact) mass is 438 g/mol. The lowest BCUT2D eigenvalue weighted by Gasteiger charge is -2.28. The molecule has 0 aliphatic rings. The number of nitrogens with zero attached hydrogens (tertiary/aromatic N) is 1. The Morgan fingerprint density at radius 2 is 1.79 bits per heavy atom. The summed E-state index contributed by atoms with van der Waals surface area (Å²) >= 11 is 13.5. The summed E-state index contributed by atoms with van der Waals surface area (Å²) < 4.78 is 0. The Kier molecular flexibility index (Phi) is 9.16. The third kappa shape index (κ3) is 6.73. The lowest BCUT2D eigenvalue weighted by atomic mass is 10.1. The van der Waals surface area contributed by atoms with Gasteiger partial charge in [0, 0.05) is 19.3 Å². The zero-order valence-corrected chi connectivity index (χ0v) is 18.3. The Morgan fingerprint density at radius 1 is 1.07 bits per heavy atom. The highest BCUT2D eigenvalue weighted by atomic mass is 35.5. The molecule has 7 heteroatoms. The van der Waals surface area contributed by atoms with E-state index in [1.807, 2.05) is 42.5 Å². The van der Waals surface area contributed by atoms with E-state index in [1.165, 1.54) is 11.8 Å². The number of thioether (sulfide) groups is 1. The van der Waals surface area contributed by atoms with E-state index in [4.69, 9.17) is 23.2 Å². The van der Waals surface area contributed by atoms with Crippen LogP contribution in [0.15, 0.2) is 48.5 Å². The summed E-state index contributed by atoms with van der Waals surface area (Å²) in [6.45, 7) is 2.25. The smallest absolute Gasteiger partial charge is 0.242 e. The number of hydrogen-bond acceptors (Lipinski definition) is 3. The van der Waals surface area contributed by atoms with Gasteiger partial charge in [-0.1, -0.05) is 59.6 Å². The number of amides is 2. The Bertz CT molecular complexity index is 802. The van der Waals surface area contributed by atoms with Gasteiger partial charge in [0.2, 0.25) is 11.8 Å². The van der Waals surface area contributed by atoms with Crippen LogP contribution in [0.3, 0.4) is 0 Å². The number of halogens is 2. The van der Waals surface area contributed by atoms with Gasteiger partial charge in [-0.15, -0.1) is 11.8 Å². The highest BCUT2D eigenvalue weighted by Gasteiger charge is 2.24. The van der Waals surface area contributed by atoms with Crippen molar-refractivity contribution >= 4 is 46.8 Å². The molecule has 28 heavy (non-hydrogen) atoms. The Morgan fingerprint density at radius 3 is 2.43 bits per heavy atom. The summed E-state index contributed by atoms with van der Waals surface area (Å²) in [4.78, 5) is 26.6. The molecule has 150 valence electrons. The molecule has 2 rings (SSSR count). The lowest BCUT2D eigenvalue weighted by Crippen LogP contribution is -2.48. The fourth-order valence-electron chi connectivity index (χ4n) is 2.75. The van der Waals surface area contributed by atoms with Crippen LogP contribution in [0.4, 0.5) is 0 Å². The molecule has 1 N–H and O–H groups in total. The van der Waals surface area contributed by atoms with Crippen molar-refractivity contribution in [3.8, 4) is 0 Å². The summed E-state index contributed by atoms with van der Waals surface area (Å²) in [6, 6.07) is 14.9. The second-order valence-electron chi connectivity index (χ2n) is 6.35. The van der Waals surface area contributed by atoms with Crippen molar-refractivity contribution < 1.29 is 9.59 Å². The maximum absolute atomic E-state index is 12.8. The van der Waals surface area contributed by atoms with Crippen LogP contribution < -0.4 is 5.32 Å². The zero-order valence-electron chi connectivity index (χ0n) is 16.0. The first-order valence-electron chi connectivity index (χ1n) is 8.99. The minimum absolute atomic E-state index is 0.0582. The van der Waals surface area contributed by atoms with Gasteiger partial charge in [-0.05, 0) is 36.6 Å². The van der Waals surface area contributed by atoms with Crippen LogP contribution in [0.2, 0.25) is 10.0 Å². The van der Waals surface area contributed by atoms with E-state index in [1.54, 1.807) is 24.9 Å². The fourth-order valence-corrected chi connectivity index (χ4v) is 3.93. The average Bonchev–Trinajstić information content (AvgIpc) is 2.70. The maximum atomic E-state index is 12.8. The number of benzene rings is 2. The molecule has 0 aliphatic heterocycles. The Hall–Kier alpha value is -1.69. The predicted molar refractivity (Wildman–Crippen MR) is 118 cm³/mol. The first-order valence-corrected chi connectivity index (χ1v) is 10.9. The van der Waals surface area contributed by atoms with Gasteiger partial charge in [0.15, 0.2) is 0 Å². The first kappa shape index (κ1) is 22.6. The molecule has 0 heterocycles. The molecule has 0 aliphatic carbocycles. The van der Waals surface area contributed by atoms with Crippen molar-refractivity contribution in [1.82, 2.24) is 10.2 Å². The quantitative estimate of drug-likeness (QED) is 0.629.